The molecule has 0 saturated carbocycles. The molecule has 0 spiro atoms. The number of rotatable bonds is 12. The Balaban J connectivity index is 1.53. The van der Waals surface area contributed by atoms with E-state index in [2.05, 4.69) is 25.4 Å². The average molecular weight is 580 g/mol. The Bertz CT molecular complexity index is 1380. The monoisotopic (exact) mass is 579 g/mol. The van der Waals surface area contributed by atoms with Crippen molar-refractivity contribution in [1.82, 2.24) is 24.6 Å². The Morgan fingerprint density at radius 1 is 1.30 bits per heavy atom. The molecule has 1 aromatic carbocycles. The highest BCUT2D eigenvalue weighted by atomic mass is 31.2. The summed E-state index contributed by atoms with van der Waals surface area (Å²) >= 11 is 0. The van der Waals surface area contributed by atoms with E-state index in [4.69, 9.17) is 24.3 Å². The molecule has 3 heterocycles. The average Bonchev–Trinajstić information content (AvgIpc) is 3.43. The summed E-state index contributed by atoms with van der Waals surface area (Å²) in [6.07, 6.45) is 0.194. The highest BCUT2D eigenvalue weighted by Crippen LogP contribution is 2.49. The number of esters is 1. The van der Waals surface area contributed by atoms with Crippen molar-refractivity contribution in [2.75, 3.05) is 24.2 Å². The van der Waals surface area contributed by atoms with E-state index in [-0.39, 0.29) is 30.1 Å². The Hall–Kier alpha value is -3.32. The minimum atomic E-state index is -4.28. The number of anilines is 2. The molecule has 218 valence electrons. The molecule has 1 aliphatic rings. The van der Waals surface area contributed by atoms with Gasteiger partial charge in [0.05, 0.1) is 12.4 Å². The first kappa shape index (κ1) is 29.7. The summed E-state index contributed by atoms with van der Waals surface area (Å²) in [5.41, 5.74) is 6.73. The molecule has 13 nitrogen and oxygen atoms in total. The predicted molar refractivity (Wildman–Crippen MR) is 146 cm³/mol. The van der Waals surface area contributed by atoms with E-state index >= 15 is 4.39 Å². The zero-order chi connectivity index (χ0) is 29.1. The van der Waals surface area contributed by atoms with Gasteiger partial charge in [-0.3, -0.25) is 13.9 Å². The van der Waals surface area contributed by atoms with Gasteiger partial charge in [0.2, 0.25) is 11.8 Å². The molecule has 15 heteroatoms. The van der Waals surface area contributed by atoms with Crippen LogP contribution in [0.4, 0.5) is 16.2 Å². The molecule has 1 aliphatic heterocycles. The molecular formula is C25H35FN7O6P. The second-order valence-corrected chi connectivity index (χ2v) is 11.6. The number of nitrogen functional groups attached to an aromatic ring is 1. The molecular weight excluding hydrogens is 544 g/mol. The summed E-state index contributed by atoms with van der Waals surface area (Å²) in [4.78, 5) is 25.2. The van der Waals surface area contributed by atoms with E-state index in [9.17, 15) is 9.36 Å². The zero-order valence-corrected chi connectivity index (χ0v) is 23.9. The predicted octanol–water partition coefficient (Wildman–Crippen LogP) is 4.19. The number of carbonyl (C=O) groups is 1. The highest BCUT2D eigenvalue weighted by Gasteiger charge is 2.49. The molecule has 0 bridgehead atoms. The minimum absolute atomic E-state index is 0.0286. The van der Waals surface area contributed by atoms with Crippen LogP contribution in [0.1, 0.15) is 47.3 Å². The molecule has 4 N–H and O–H groups in total. The molecule has 2 aromatic heterocycles. The number of benzene rings is 1. The number of nitrogens with one attached hydrogen (secondary N) is 2. The van der Waals surface area contributed by atoms with Crippen LogP contribution in [-0.4, -0.2) is 56.6 Å². The number of nitrogens with two attached hydrogens (primary N) is 1. The van der Waals surface area contributed by atoms with Gasteiger partial charge in [-0.15, -0.1) is 0 Å². The van der Waals surface area contributed by atoms with Crippen molar-refractivity contribution < 1.29 is 32.3 Å². The number of ether oxygens (including phenoxy) is 2. The number of hydrogen-bond donors (Lipinski definition) is 3. The molecule has 0 unspecified atom stereocenters. The van der Waals surface area contributed by atoms with Crippen LogP contribution < -0.4 is 20.7 Å². The SMILES string of the molecule is CCNc1nc(N)nc2c1ncn2[C@@H]1O[C@](F)(CO[P@@](=O)(N[C@@H](C)C(=O)OC(C)C)Oc2ccccc2)C[C@@H]1C. The maximum absolute atomic E-state index is 16.1. The molecule has 3 aromatic rings. The third kappa shape index (κ3) is 6.87. The molecule has 1 saturated heterocycles. The van der Waals surface area contributed by atoms with Crippen molar-refractivity contribution in [3.05, 3.63) is 36.7 Å². The normalized spacial score (nSPS) is 23.2. The zero-order valence-electron chi connectivity index (χ0n) is 23.0. The number of imidazole rings is 1. The van der Waals surface area contributed by atoms with Crippen molar-refractivity contribution >= 4 is 36.6 Å². The Morgan fingerprint density at radius 3 is 2.70 bits per heavy atom. The first-order valence-electron chi connectivity index (χ1n) is 13.0. The molecule has 0 amide bonds. The van der Waals surface area contributed by atoms with Crippen molar-refractivity contribution in [3.8, 4) is 5.75 Å². The fourth-order valence-electron chi connectivity index (χ4n) is 4.31. The molecule has 0 aliphatic carbocycles. The third-order valence-electron chi connectivity index (χ3n) is 5.98. The molecule has 1 fully saturated rings. The number of alkyl halides is 1. The van der Waals surface area contributed by atoms with Gasteiger partial charge in [-0.1, -0.05) is 25.1 Å². The van der Waals surface area contributed by atoms with Crippen LogP contribution in [0.25, 0.3) is 11.2 Å². The molecule has 0 radical (unpaired) electrons. The molecule has 4 rings (SSSR count). The Labute approximate surface area is 231 Å². The lowest BCUT2D eigenvalue weighted by atomic mass is 10.1. The Morgan fingerprint density at radius 2 is 2.02 bits per heavy atom. The number of nitrogens with zero attached hydrogens (tertiary/aromatic N) is 4. The summed E-state index contributed by atoms with van der Waals surface area (Å²) in [7, 11) is -4.28. The molecule has 5 atom stereocenters. The minimum Gasteiger partial charge on any atom is -0.462 e. The van der Waals surface area contributed by atoms with E-state index in [1.54, 1.807) is 55.7 Å². The van der Waals surface area contributed by atoms with Crippen molar-refractivity contribution in [1.29, 1.82) is 0 Å². The lowest BCUT2D eigenvalue weighted by molar-refractivity contribution is -0.173. The van der Waals surface area contributed by atoms with E-state index in [0.29, 0.717) is 23.5 Å². The van der Waals surface area contributed by atoms with Gasteiger partial charge in [-0.2, -0.15) is 15.1 Å². The van der Waals surface area contributed by atoms with E-state index in [0.717, 1.165) is 0 Å². The summed E-state index contributed by atoms with van der Waals surface area (Å²) in [5.74, 6) is -2.68. The van der Waals surface area contributed by atoms with Crippen molar-refractivity contribution in [2.45, 2.75) is 65.3 Å². The van der Waals surface area contributed by atoms with Gasteiger partial charge in [-0.05, 0) is 39.8 Å². The van der Waals surface area contributed by atoms with Gasteiger partial charge in [0.15, 0.2) is 17.0 Å². The lowest BCUT2D eigenvalue weighted by Crippen LogP contribution is -2.37. The van der Waals surface area contributed by atoms with Crippen LogP contribution in [0.5, 0.6) is 5.75 Å². The summed E-state index contributed by atoms with van der Waals surface area (Å²) in [5, 5.41) is 5.63. The highest BCUT2D eigenvalue weighted by molar-refractivity contribution is 7.52. The summed E-state index contributed by atoms with van der Waals surface area (Å²) in [6.45, 7) is 8.38. The fourth-order valence-corrected chi connectivity index (χ4v) is 5.83. The van der Waals surface area contributed by atoms with Crippen LogP contribution in [0.15, 0.2) is 36.7 Å². The largest absolute Gasteiger partial charge is 0.462 e. The topological polar surface area (TPSA) is 165 Å². The van der Waals surface area contributed by atoms with Gasteiger partial charge < -0.3 is 25.0 Å². The van der Waals surface area contributed by atoms with Crippen molar-refractivity contribution in [2.24, 2.45) is 5.92 Å². The Kier molecular flexibility index (Phi) is 8.93. The standard InChI is InChI=1S/C25H35FN7O6P/c1-6-28-20-19-21(31-24(27)30-20)33(14-29-19)22-16(4)12-25(26,38-22)13-36-40(35,39-18-10-8-7-9-11-18)32-17(5)23(34)37-15(2)3/h7-11,14-17,22H,6,12-13H2,1-5H3,(H,32,35)(H3,27,28,30,31)/t16-,17-,22+,25-,40-/m0/s1. The second kappa shape index (κ2) is 12.0. The number of halogens is 1. The number of hydrogen-bond acceptors (Lipinski definition) is 11. The van der Waals surface area contributed by atoms with Crippen LogP contribution in [0.2, 0.25) is 0 Å². The smallest absolute Gasteiger partial charge is 0.459 e. The van der Waals surface area contributed by atoms with Crippen molar-refractivity contribution in [3.63, 3.8) is 0 Å². The third-order valence-corrected chi connectivity index (χ3v) is 7.60. The lowest BCUT2D eigenvalue weighted by Gasteiger charge is -2.26. The van der Waals surface area contributed by atoms with E-state index < -0.39 is 38.4 Å². The van der Waals surface area contributed by atoms with Gasteiger partial charge in [0, 0.05) is 18.9 Å². The molecule has 40 heavy (non-hydrogen) atoms. The summed E-state index contributed by atoms with van der Waals surface area (Å²) in [6, 6.07) is 7.14. The van der Waals surface area contributed by atoms with Gasteiger partial charge in [0.25, 0.3) is 0 Å². The van der Waals surface area contributed by atoms with E-state index in [1.165, 1.54) is 13.3 Å². The number of carbonyl (C=O) groups excluding carboxylic acids is 1. The van der Waals surface area contributed by atoms with E-state index in [1.807, 2.05) is 6.92 Å². The maximum atomic E-state index is 16.1. The van der Waals surface area contributed by atoms with Crippen LogP contribution in [-0.2, 0) is 23.4 Å². The van der Waals surface area contributed by atoms with Crippen LogP contribution in [0.3, 0.4) is 0 Å². The quantitative estimate of drug-likeness (QED) is 0.207. The van der Waals surface area contributed by atoms with Crippen LogP contribution >= 0.6 is 7.75 Å². The summed E-state index contributed by atoms with van der Waals surface area (Å²) < 4.78 is 53.6. The van der Waals surface area contributed by atoms with Crippen LogP contribution in [0, 0.1) is 5.92 Å². The number of aromatic nitrogens is 4. The number of para-hydroxylation sites is 1. The van der Waals surface area contributed by atoms with Gasteiger partial charge >= 0.3 is 13.7 Å². The van der Waals surface area contributed by atoms with Gasteiger partial charge in [0.1, 0.15) is 24.6 Å². The fraction of sp³-hybridized carbons (Fsp3) is 0.520. The second-order valence-electron chi connectivity index (χ2n) is 9.87. The number of fused-ring (bicyclic) bond motifs is 1. The van der Waals surface area contributed by atoms with Gasteiger partial charge in [-0.25, -0.2) is 13.9 Å². The first-order chi connectivity index (χ1) is 18.9. The maximum Gasteiger partial charge on any atom is 0.459 e. The first-order valence-corrected chi connectivity index (χ1v) is 14.5.